The van der Waals surface area contributed by atoms with Crippen LogP contribution in [0.1, 0.15) is 47.7 Å². The molecule has 1 aromatic carbocycles. The molecule has 0 spiro atoms. The lowest BCUT2D eigenvalue weighted by molar-refractivity contribution is -0.141. The van der Waals surface area contributed by atoms with Crippen molar-refractivity contribution in [1.82, 2.24) is 20.1 Å². The maximum Gasteiger partial charge on any atom is 0.433 e. The van der Waals surface area contributed by atoms with Gasteiger partial charge >= 0.3 is 6.18 Å². The van der Waals surface area contributed by atoms with Gasteiger partial charge in [-0.15, -0.1) is 0 Å². The molecule has 1 saturated carbocycles. The Labute approximate surface area is 238 Å². The molecule has 1 aliphatic carbocycles. The van der Waals surface area contributed by atoms with E-state index in [0.29, 0.717) is 59.8 Å². The Morgan fingerprint density at radius 1 is 1.29 bits per heavy atom. The molecule has 2 N–H and O–H groups in total. The maximum absolute atomic E-state index is 14.8. The van der Waals surface area contributed by atoms with Crippen LogP contribution in [0.4, 0.5) is 17.6 Å². The summed E-state index contributed by atoms with van der Waals surface area (Å²) in [6.07, 6.45) is 1.23. The Kier molecular flexibility index (Phi) is 6.09. The molecule has 1 fully saturated rings. The predicted molar refractivity (Wildman–Crippen MR) is 144 cm³/mol. The number of amides is 1. The lowest BCUT2D eigenvalue weighted by Crippen LogP contribution is -2.56. The molecule has 1 amide bonds. The third-order valence-electron chi connectivity index (χ3n) is 8.65. The first kappa shape index (κ1) is 26.9. The van der Waals surface area contributed by atoms with Gasteiger partial charge in [0.1, 0.15) is 17.3 Å². The molecule has 9 nitrogen and oxygen atoms in total. The molecule has 42 heavy (non-hydrogen) atoms. The number of hydrogen-bond acceptors (Lipinski definition) is 6. The van der Waals surface area contributed by atoms with Crippen molar-refractivity contribution in [2.75, 3.05) is 13.2 Å². The summed E-state index contributed by atoms with van der Waals surface area (Å²) in [4.78, 5) is 30.0. The zero-order valence-electron chi connectivity index (χ0n) is 22.7. The Bertz CT molecular complexity index is 1560. The van der Waals surface area contributed by atoms with E-state index in [-0.39, 0.29) is 31.5 Å². The zero-order chi connectivity index (χ0) is 29.4. The lowest BCUT2D eigenvalue weighted by Gasteiger charge is -2.44. The number of carbonyl (C=O) groups is 1. The second kappa shape index (κ2) is 9.51. The number of carbonyl (C=O) groups excluding carboxylic acids is 1. The summed E-state index contributed by atoms with van der Waals surface area (Å²) in [5.74, 6) is 0.272. The van der Waals surface area contributed by atoms with Crippen LogP contribution < -0.4 is 10.1 Å². The average Bonchev–Trinajstić information content (AvgIpc) is 3.57. The fraction of sp³-hybridized carbons (Fsp3) is 0.448. The molecule has 0 saturated heterocycles. The number of ether oxygens (including phenoxy) is 1. The highest BCUT2D eigenvalue weighted by Crippen LogP contribution is 2.41. The van der Waals surface area contributed by atoms with Gasteiger partial charge in [-0.2, -0.15) is 13.2 Å². The first-order valence-electron chi connectivity index (χ1n) is 13.8. The van der Waals surface area contributed by atoms with Crippen LogP contribution >= 0.6 is 0 Å². The molecule has 2 atom stereocenters. The molecule has 4 aliphatic heterocycles. The Balaban J connectivity index is 1.26. The number of aliphatic imine (C=N–C) groups is 2. The highest BCUT2D eigenvalue weighted by Gasteiger charge is 2.48. The van der Waals surface area contributed by atoms with E-state index < -0.39 is 35.4 Å². The van der Waals surface area contributed by atoms with Crippen molar-refractivity contribution in [2.24, 2.45) is 15.9 Å². The number of pyridine rings is 1. The third kappa shape index (κ3) is 4.50. The molecular weight excluding hydrogens is 556 g/mol. The molecule has 1 aromatic heterocycles. The van der Waals surface area contributed by atoms with Crippen LogP contribution in [-0.2, 0) is 30.5 Å². The van der Waals surface area contributed by atoms with Gasteiger partial charge in [0.05, 0.1) is 31.1 Å². The minimum atomic E-state index is -4.65. The minimum Gasteiger partial charge on any atom is -0.493 e. The van der Waals surface area contributed by atoms with Crippen LogP contribution in [0.15, 0.2) is 40.6 Å². The molecule has 220 valence electrons. The van der Waals surface area contributed by atoms with Crippen molar-refractivity contribution in [3.63, 3.8) is 0 Å². The van der Waals surface area contributed by atoms with Crippen LogP contribution in [0.3, 0.4) is 0 Å². The van der Waals surface area contributed by atoms with Gasteiger partial charge in [-0.25, -0.2) is 9.38 Å². The van der Waals surface area contributed by atoms with Crippen LogP contribution in [0, 0.1) is 11.7 Å². The highest BCUT2D eigenvalue weighted by atomic mass is 19.4. The van der Waals surface area contributed by atoms with Crippen molar-refractivity contribution in [3.05, 3.63) is 64.4 Å². The lowest BCUT2D eigenvalue weighted by atomic mass is 9.72. The molecule has 2 aromatic rings. The first-order valence-corrected chi connectivity index (χ1v) is 13.8. The van der Waals surface area contributed by atoms with E-state index in [1.165, 1.54) is 18.6 Å². The van der Waals surface area contributed by atoms with Crippen molar-refractivity contribution in [1.29, 1.82) is 0 Å². The molecule has 7 rings (SSSR count). The number of hydrogen-bond donors (Lipinski definition) is 2. The first-order chi connectivity index (χ1) is 20.0. The molecule has 2 unspecified atom stereocenters. The third-order valence-corrected chi connectivity index (χ3v) is 8.65. The van der Waals surface area contributed by atoms with Crippen molar-refractivity contribution in [2.45, 2.75) is 63.1 Å². The van der Waals surface area contributed by atoms with E-state index >= 15 is 0 Å². The van der Waals surface area contributed by atoms with E-state index in [0.717, 1.165) is 11.6 Å². The van der Waals surface area contributed by atoms with Gasteiger partial charge in [0.25, 0.3) is 0 Å². The monoisotopic (exact) mass is 584 g/mol. The van der Waals surface area contributed by atoms with Gasteiger partial charge < -0.3 is 20.1 Å². The Hall–Kier alpha value is -4.00. The van der Waals surface area contributed by atoms with Crippen LogP contribution in [0.25, 0.3) is 5.57 Å². The summed E-state index contributed by atoms with van der Waals surface area (Å²) in [5.41, 5.74) is 0.695. The van der Waals surface area contributed by atoms with Gasteiger partial charge in [-0.3, -0.25) is 19.7 Å². The fourth-order valence-electron chi connectivity index (χ4n) is 6.75. The topological polar surface area (TPSA) is 103 Å². The van der Waals surface area contributed by atoms with Gasteiger partial charge in [0.15, 0.2) is 6.04 Å². The summed E-state index contributed by atoms with van der Waals surface area (Å²) in [6.45, 7) is 2.45. The van der Waals surface area contributed by atoms with E-state index in [9.17, 15) is 27.5 Å². The number of rotatable bonds is 4. The quantitative estimate of drug-likeness (QED) is 0.535. The number of halogens is 4. The van der Waals surface area contributed by atoms with E-state index in [1.807, 2.05) is 0 Å². The number of nitrogens with zero attached hydrogens (tertiary/aromatic N) is 5. The average molecular weight is 585 g/mol. The Morgan fingerprint density at radius 3 is 2.86 bits per heavy atom. The van der Waals surface area contributed by atoms with Crippen molar-refractivity contribution in [3.8, 4) is 5.75 Å². The molecular formula is C29H28F4N6O3. The summed E-state index contributed by atoms with van der Waals surface area (Å²) >= 11 is 0. The predicted octanol–water partition coefficient (Wildman–Crippen LogP) is 3.26. The molecule has 0 radical (unpaired) electrons. The second-order valence-corrected chi connectivity index (χ2v) is 11.8. The number of guanidine groups is 1. The van der Waals surface area contributed by atoms with E-state index in [1.54, 1.807) is 29.0 Å². The Morgan fingerprint density at radius 2 is 2.10 bits per heavy atom. The van der Waals surface area contributed by atoms with E-state index in [4.69, 9.17) is 4.74 Å². The van der Waals surface area contributed by atoms with Gasteiger partial charge in [0, 0.05) is 54.2 Å². The fourth-order valence-corrected chi connectivity index (χ4v) is 6.75. The number of alkyl halides is 3. The van der Waals surface area contributed by atoms with Crippen LogP contribution in [0.2, 0.25) is 0 Å². The standard InChI is InChI=1S/C29H28F4N6O3/c1-28(41)7-15(8-28)12-38-13-16-6-23(29(31,32)33)34-9-18(16)20-11-36-27(39-14-37-24(25(20)39)26(38)40)35-10-19-17-4-5-42-22(17)3-2-21(19)30/h2-3,6,9,11,14-15,24-25,41H,4-5,7-8,10,12-13H2,1H3,(H,35,36). The van der Waals surface area contributed by atoms with Gasteiger partial charge in [-0.1, -0.05) is 0 Å². The SMILES string of the molecule is CC1(O)CC(CN2Cc3cc(C(F)(F)F)ncc3C3=CNC(=NCc4c(F)ccc5c4CCO5)N4C=NC(C2=O)C34)C1. The molecule has 5 heterocycles. The van der Waals surface area contributed by atoms with Crippen molar-refractivity contribution >= 4 is 23.8 Å². The zero-order valence-corrected chi connectivity index (χ0v) is 22.7. The van der Waals surface area contributed by atoms with Crippen LogP contribution in [0.5, 0.6) is 5.75 Å². The molecule has 0 bridgehead atoms. The second-order valence-electron chi connectivity index (χ2n) is 11.8. The number of benzene rings is 1. The maximum atomic E-state index is 14.8. The van der Waals surface area contributed by atoms with Gasteiger partial charge in [0.2, 0.25) is 11.9 Å². The summed E-state index contributed by atoms with van der Waals surface area (Å²) in [6, 6.07) is 2.40. The molecule has 5 aliphatic rings. The molecule has 13 heteroatoms. The number of fused-ring (bicyclic) bond motifs is 3. The van der Waals surface area contributed by atoms with E-state index in [2.05, 4.69) is 20.3 Å². The summed E-state index contributed by atoms with van der Waals surface area (Å²) in [7, 11) is 0. The number of nitrogens with one attached hydrogen (secondary N) is 1. The minimum absolute atomic E-state index is 0.0143. The highest BCUT2D eigenvalue weighted by molar-refractivity contribution is 6.03. The number of aliphatic hydroxyl groups is 1. The summed E-state index contributed by atoms with van der Waals surface area (Å²) < 4.78 is 61.3. The normalized spacial score (nSPS) is 28.7. The largest absolute Gasteiger partial charge is 0.493 e. The number of aromatic nitrogens is 1. The van der Waals surface area contributed by atoms with Crippen LogP contribution in [-0.4, -0.2) is 68.9 Å². The summed E-state index contributed by atoms with van der Waals surface area (Å²) in [5, 5.41) is 13.3. The van der Waals surface area contributed by atoms with Crippen molar-refractivity contribution < 1.29 is 32.2 Å². The van der Waals surface area contributed by atoms with Gasteiger partial charge in [-0.05, 0) is 49.4 Å². The smallest absolute Gasteiger partial charge is 0.433 e.